The van der Waals surface area contributed by atoms with Crippen LogP contribution in [0.15, 0.2) is 42.5 Å². The molecular weight excluding hydrogens is 415 g/mol. The van der Waals surface area contributed by atoms with Gasteiger partial charge in [-0.1, -0.05) is 19.1 Å². The standard InChI is InChI=1S/C21H18F3N3O2S/c1-2-11-27(12-17(28)25-15-8-7-13(22)20(23)21(15)24)19(29)10-9-18-26-14-5-3-4-6-16(14)30-18/h3-10H,2,11-12H2,1H3,(H,25,28). The molecule has 3 aromatic rings. The summed E-state index contributed by atoms with van der Waals surface area (Å²) in [5, 5.41) is 2.81. The molecule has 30 heavy (non-hydrogen) atoms. The van der Waals surface area contributed by atoms with E-state index >= 15 is 0 Å². The third-order valence-electron chi connectivity index (χ3n) is 4.13. The van der Waals surface area contributed by atoms with Gasteiger partial charge in [-0.05, 0) is 36.8 Å². The van der Waals surface area contributed by atoms with E-state index in [2.05, 4.69) is 10.3 Å². The zero-order chi connectivity index (χ0) is 21.7. The average molecular weight is 433 g/mol. The summed E-state index contributed by atoms with van der Waals surface area (Å²) in [6, 6.07) is 9.20. The highest BCUT2D eigenvalue weighted by Crippen LogP contribution is 2.22. The van der Waals surface area contributed by atoms with Crippen molar-refractivity contribution in [3.05, 3.63) is 64.9 Å². The monoisotopic (exact) mass is 433 g/mol. The number of anilines is 1. The van der Waals surface area contributed by atoms with Crippen molar-refractivity contribution >= 4 is 45.1 Å². The Labute approximate surface area is 174 Å². The number of amides is 2. The molecule has 0 unspecified atom stereocenters. The molecule has 0 fully saturated rings. The second-order valence-corrected chi connectivity index (χ2v) is 7.45. The zero-order valence-corrected chi connectivity index (χ0v) is 16.8. The number of para-hydroxylation sites is 1. The summed E-state index contributed by atoms with van der Waals surface area (Å²) in [5.41, 5.74) is 0.334. The van der Waals surface area contributed by atoms with Gasteiger partial charge in [0.15, 0.2) is 17.5 Å². The molecule has 9 heteroatoms. The van der Waals surface area contributed by atoms with Gasteiger partial charge in [0.1, 0.15) is 11.6 Å². The van der Waals surface area contributed by atoms with Gasteiger partial charge in [0.25, 0.3) is 0 Å². The first-order chi connectivity index (χ1) is 14.4. The van der Waals surface area contributed by atoms with Gasteiger partial charge in [0, 0.05) is 12.6 Å². The molecule has 0 aliphatic heterocycles. The summed E-state index contributed by atoms with van der Waals surface area (Å²) in [6.45, 7) is 1.76. The maximum absolute atomic E-state index is 13.7. The highest BCUT2D eigenvalue weighted by Gasteiger charge is 2.18. The molecule has 3 rings (SSSR count). The number of nitrogens with zero attached hydrogens (tertiary/aromatic N) is 2. The van der Waals surface area contributed by atoms with E-state index in [-0.39, 0.29) is 13.1 Å². The molecule has 0 aliphatic rings. The maximum Gasteiger partial charge on any atom is 0.247 e. The second kappa shape index (κ2) is 9.53. The number of thiazole rings is 1. The van der Waals surface area contributed by atoms with Crippen LogP contribution in [-0.4, -0.2) is 34.8 Å². The van der Waals surface area contributed by atoms with Crippen LogP contribution in [-0.2, 0) is 9.59 Å². The van der Waals surface area contributed by atoms with Crippen molar-refractivity contribution in [2.24, 2.45) is 0 Å². The van der Waals surface area contributed by atoms with Crippen LogP contribution in [0.25, 0.3) is 16.3 Å². The minimum Gasteiger partial charge on any atom is -0.330 e. The van der Waals surface area contributed by atoms with Gasteiger partial charge in [-0.25, -0.2) is 18.2 Å². The van der Waals surface area contributed by atoms with E-state index < -0.39 is 35.0 Å². The third-order valence-corrected chi connectivity index (χ3v) is 5.13. The summed E-state index contributed by atoms with van der Waals surface area (Å²) in [6.07, 6.45) is 3.48. The predicted molar refractivity (Wildman–Crippen MR) is 110 cm³/mol. The number of halogens is 3. The van der Waals surface area contributed by atoms with Gasteiger partial charge in [-0.3, -0.25) is 9.59 Å². The van der Waals surface area contributed by atoms with Gasteiger partial charge < -0.3 is 10.2 Å². The van der Waals surface area contributed by atoms with Gasteiger partial charge in [0.05, 0.1) is 15.9 Å². The lowest BCUT2D eigenvalue weighted by Crippen LogP contribution is -2.37. The minimum absolute atomic E-state index is 0.288. The summed E-state index contributed by atoms with van der Waals surface area (Å²) < 4.78 is 41.1. The largest absolute Gasteiger partial charge is 0.330 e. The van der Waals surface area contributed by atoms with E-state index in [0.717, 1.165) is 16.3 Å². The Balaban J connectivity index is 1.67. The van der Waals surface area contributed by atoms with Crippen LogP contribution >= 0.6 is 11.3 Å². The summed E-state index contributed by atoms with van der Waals surface area (Å²) >= 11 is 1.43. The fourth-order valence-electron chi connectivity index (χ4n) is 2.73. The molecule has 1 aromatic heterocycles. The number of benzene rings is 2. The Morgan fingerprint density at radius 2 is 1.90 bits per heavy atom. The lowest BCUT2D eigenvalue weighted by atomic mass is 10.2. The van der Waals surface area contributed by atoms with E-state index in [1.807, 2.05) is 31.2 Å². The van der Waals surface area contributed by atoms with Crippen LogP contribution in [0.4, 0.5) is 18.9 Å². The molecule has 2 aromatic carbocycles. The Bertz CT molecular complexity index is 1080. The number of rotatable bonds is 7. The molecule has 0 saturated heterocycles. The van der Waals surface area contributed by atoms with Gasteiger partial charge in [-0.2, -0.15) is 0 Å². The molecule has 5 nitrogen and oxygen atoms in total. The number of nitrogens with one attached hydrogen (secondary N) is 1. The Hall–Kier alpha value is -3.20. The van der Waals surface area contributed by atoms with E-state index in [9.17, 15) is 22.8 Å². The Morgan fingerprint density at radius 1 is 1.13 bits per heavy atom. The molecule has 1 N–H and O–H groups in total. The highest BCUT2D eigenvalue weighted by molar-refractivity contribution is 7.19. The lowest BCUT2D eigenvalue weighted by Gasteiger charge is -2.20. The topological polar surface area (TPSA) is 62.3 Å². The van der Waals surface area contributed by atoms with Crippen molar-refractivity contribution in [1.29, 1.82) is 0 Å². The molecule has 1 heterocycles. The minimum atomic E-state index is -1.67. The van der Waals surface area contributed by atoms with Crippen molar-refractivity contribution in [1.82, 2.24) is 9.88 Å². The smallest absolute Gasteiger partial charge is 0.247 e. The van der Waals surface area contributed by atoms with Gasteiger partial charge in [-0.15, -0.1) is 11.3 Å². The number of hydrogen-bond donors (Lipinski definition) is 1. The van der Waals surface area contributed by atoms with Crippen LogP contribution in [0.2, 0.25) is 0 Å². The van der Waals surface area contributed by atoms with Gasteiger partial charge in [0.2, 0.25) is 11.8 Å². The van der Waals surface area contributed by atoms with E-state index in [4.69, 9.17) is 0 Å². The van der Waals surface area contributed by atoms with Crippen LogP contribution in [0.3, 0.4) is 0 Å². The summed E-state index contributed by atoms with van der Waals surface area (Å²) in [4.78, 5) is 30.4. The molecule has 0 bridgehead atoms. The van der Waals surface area contributed by atoms with Crippen LogP contribution < -0.4 is 5.32 Å². The maximum atomic E-state index is 13.7. The average Bonchev–Trinajstić information content (AvgIpc) is 3.15. The number of carbonyl (C=O) groups excluding carboxylic acids is 2. The van der Waals surface area contributed by atoms with Crippen molar-refractivity contribution < 1.29 is 22.8 Å². The molecule has 0 atom stereocenters. The van der Waals surface area contributed by atoms with Crippen molar-refractivity contribution in [2.75, 3.05) is 18.4 Å². The quantitative estimate of drug-likeness (QED) is 0.437. The normalized spacial score (nSPS) is 11.2. The fraction of sp³-hybridized carbons (Fsp3) is 0.190. The number of hydrogen-bond acceptors (Lipinski definition) is 4. The van der Waals surface area contributed by atoms with Crippen LogP contribution in [0.5, 0.6) is 0 Å². The fourth-order valence-corrected chi connectivity index (χ4v) is 3.60. The molecular formula is C21H18F3N3O2S. The molecule has 0 aliphatic carbocycles. The molecule has 0 saturated carbocycles. The van der Waals surface area contributed by atoms with Crippen LogP contribution in [0, 0.1) is 17.5 Å². The molecule has 156 valence electrons. The lowest BCUT2D eigenvalue weighted by molar-refractivity contribution is -0.130. The number of carbonyl (C=O) groups is 2. The van der Waals surface area contributed by atoms with E-state index in [1.54, 1.807) is 6.08 Å². The van der Waals surface area contributed by atoms with Crippen molar-refractivity contribution in [3.8, 4) is 0 Å². The van der Waals surface area contributed by atoms with Crippen molar-refractivity contribution in [3.63, 3.8) is 0 Å². The predicted octanol–water partition coefficient (Wildman–Crippen LogP) is 4.60. The zero-order valence-electron chi connectivity index (χ0n) is 16.0. The summed E-state index contributed by atoms with van der Waals surface area (Å²) in [5.74, 6) is -5.67. The summed E-state index contributed by atoms with van der Waals surface area (Å²) in [7, 11) is 0. The number of aromatic nitrogens is 1. The first-order valence-electron chi connectivity index (χ1n) is 9.15. The molecule has 0 spiro atoms. The van der Waals surface area contributed by atoms with Crippen LogP contribution in [0.1, 0.15) is 18.4 Å². The van der Waals surface area contributed by atoms with Gasteiger partial charge >= 0.3 is 0 Å². The second-order valence-electron chi connectivity index (χ2n) is 6.38. The first-order valence-corrected chi connectivity index (χ1v) is 9.96. The SMILES string of the molecule is CCCN(CC(=O)Nc1ccc(F)c(F)c1F)C(=O)C=Cc1nc2ccccc2s1. The molecule has 2 amide bonds. The first kappa shape index (κ1) is 21.5. The Kier molecular flexibility index (Phi) is 6.83. The Morgan fingerprint density at radius 3 is 2.63 bits per heavy atom. The van der Waals surface area contributed by atoms with E-state index in [1.165, 1.54) is 22.3 Å². The number of fused-ring (bicyclic) bond motifs is 1. The highest BCUT2D eigenvalue weighted by atomic mass is 32.1. The molecule has 0 radical (unpaired) electrons. The van der Waals surface area contributed by atoms with E-state index in [0.29, 0.717) is 17.5 Å². The third kappa shape index (κ3) is 5.04. The van der Waals surface area contributed by atoms with Crippen molar-refractivity contribution in [2.45, 2.75) is 13.3 Å².